The van der Waals surface area contributed by atoms with Crippen LogP contribution in [0.3, 0.4) is 0 Å². The first-order valence-electron chi connectivity index (χ1n) is 6.63. The zero-order chi connectivity index (χ0) is 13.8. The van der Waals surface area contributed by atoms with Gasteiger partial charge in [-0.15, -0.1) is 0 Å². The molecule has 1 aromatic carbocycles. The molecule has 0 aromatic heterocycles. The molecule has 2 nitrogen and oxygen atoms in total. The molecule has 0 aliphatic carbocycles. The molecule has 2 heteroatoms. The summed E-state index contributed by atoms with van der Waals surface area (Å²) in [6.07, 6.45) is 2.08. The van der Waals surface area contributed by atoms with E-state index in [0.29, 0.717) is 0 Å². The first-order chi connectivity index (χ1) is 8.26. The van der Waals surface area contributed by atoms with Crippen molar-refractivity contribution >= 4 is 5.91 Å². The fourth-order valence-electron chi connectivity index (χ4n) is 2.33. The molecule has 0 unspecified atom stereocenters. The van der Waals surface area contributed by atoms with E-state index in [-0.39, 0.29) is 16.9 Å². The lowest BCUT2D eigenvalue weighted by atomic mass is 9.78. The van der Waals surface area contributed by atoms with Crippen molar-refractivity contribution in [1.29, 1.82) is 0 Å². The van der Waals surface area contributed by atoms with E-state index in [4.69, 9.17) is 0 Å². The molecule has 0 saturated carbocycles. The normalized spacial score (nSPS) is 12.3. The van der Waals surface area contributed by atoms with Crippen LogP contribution in [0.25, 0.3) is 0 Å². The predicted octanol–water partition coefficient (Wildman–Crippen LogP) is 4.02. The van der Waals surface area contributed by atoms with Crippen molar-refractivity contribution in [2.45, 2.75) is 53.0 Å². The molecular formula is C16H25NO. The van der Waals surface area contributed by atoms with Crippen molar-refractivity contribution < 1.29 is 4.79 Å². The van der Waals surface area contributed by atoms with E-state index in [0.717, 1.165) is 18.4 Å². The molecule has 1 rings (SSSR count). The van der Waals surface area contributed by atoms with E-state index in [2.05, 4.69) is 39.9 Å². The van der Waals surface area contributed by atoms with Crippen LogP contribution in [0.4, 0.5) is 0 Å². The summed E-state index contributed by atoms with van der Waals surface area (Å²) < 4.78 is 0. The topological polar surface area (TPSA) is 29.1 Å². The van der Waals surface area contributed by atoms with Gasteiger partial charge in [0.05, 0.1) is 0 Å². The predicted molar refractivity (Wildman–Crippen MR) is 76.7 cm³/mol. The number of nitrogens with one attached hydrogen (secondary N) is 1. The SMILES string of the molecule is CCC(C)(C)CC(C)(C)NC(=O)c1ccccc1. The van der Waals surface area contributed by atoms with Gasteiger partial charge in [0.2, 0.25) is 0 Å². The van der Waals surface area contributed by atoms with Crippen LogP contribution in [-0.2, 0) is 0 Å². The summed E-state index contributed by atoms with van der Waals surface area (Å²) in [6.45, 7) is 10.8. The molecule has 1 aromatic rings. The molecule has 0 heterocycles. The number of carbonyl (C=O) groups is 1. The van der Waals surface area contributed by atoms with Crippen molar-refractivity contribution in [3.05, 3.63) is 35.9 Å². The van der Waals surface area contributed by atoms with E-state index in [9.17, 15) is 4.79 Å². The highest BCUT2D eigenvalue weighted by molar-refractivity contribution is 5.94. The summed E-state index contributed by atoms with van der Waals surface area (Å²) in [4.78, 5) is 12.1. The first-order valence-corrected chi connectivity index (χ1v) is 6.63. The third-order valence-electron chi connectivity index (χ3n) is 3.37. The molecule has 18 heavy (non-hydrogen) atoms. The minimum Gasteiger partial charge on any atom is -0.347 e. The van der Waals surface area contributed by atoms with Crippen LogP contribution in [0.2, 0.25) is 0 Å². The number of rotatable bonds is 5. The highest BCUT2D eigenvalue weighted by atomic mass is 16.1. The Bertz CT molecular complexity index is 393. The first kappa shape index (κ1) is 14.7. The maximum atomic E-state index is 12.1. The summed E-state index contributed by atoms with van der Waals surface area (Å²) >= 11 is 0. The Balaban J connectivity index is 2.69. The maximum Gasteiger partial charge on any atom is 0.251 e. The van der Waals surface area contributed by atoms with Crippen molar-refractivity contribution in [2.24, 2.45) is 5.41 Å². The second-order valence-corrected chi connectivity index (χ2v) is 6.40. The Morgan fingerprint density at radius 3 is 2.17 bits per heavy atom. The Hall–Kier alpha value is -1.31. The zero-order valence-corrected chi connectivity index (χ0v) is 12.2. The number of carbonyl (C=O) groups excluding carboxylic acids is 1. The van der Waals surface area contributed by atoms with Gasteiger partial charge in [-0.1, -0.05) is 45.4 Å². The Labute approximate surface area is 111 Å². The van der Waals surface area contributed by atoms with Gasteiger partial charge in [0.1, 0.15) is 0 Å². The molecule has 0 atom stereocenters. The summed E-state index contributed by atoms with van der Waals surface area (Å²) in [5, 5.41) is 3.12. The lowest BCUT2D eigenvalue weighted by Gasteiger charge is -2.35. The fraction of sp³-hybridized carbons (Fsp3) is 0.562. The van der Waals surface area contributed by atoms with Crippen LogP contribution in [0.1, 0.15) is 57.8 Å². The summed E-state index contributed by atoms with van der Waals surface area (Å²) in [7, 11) is 0. The third kappa shape index (κ3) is 4.52. The number of amides is 1. The zero-order valence-electron chi connectivity index (χ0n) is 12.2. The van der Waals surface area contributed by atoms with Gasteiger partial charge in [0.25, 0.3) is 5.91 Å². The minimum atomic E-state index is -0.188. The second kappa shape index (κ2) is 5.55. The number of benzene rings is 1. The fourth-order valence-corrected chi connectivity index (χ4v) is 2.33. The van der Waals surface area contributed by atoms with Crippen LogP contribution < -0.4 is 5.32 Å². The van der Waals surface area contributed by atoms with Gasteiger partial charge in [-0.25, -0.2) is 0 Å². The molecule has 100 valence electrons. The van der Waals surface area contributed by atoms with Crippen LogP contribution in [-0.4, -0.2) is 11.4 Å². The van der Waals surface area contributed by atoms with E-state index in [1.54, 1.807) is 0 Å². The summed E-state index contributed by atoms with van der Waals surface area (Å²) in [6, 6.07) is 9.38. The Morgan fingerprint density at radius 2 is 1.67 bits per heavy atom. The van der Waals surface area contributed by atoms with E-state index >= 15 is 0 Å². The van der Waals surface area contributed by atoms with Gasteiger partial charge >= 0.3 is 0 Å². The van der Waals surface area contributed by atoms with Crippen molar-refractivity contribution in [2.75, 3.05) is 0 Å². The van der Waals surface area contributed by atoms with Crippen LogP contribution >= 0.6 is 0 Å². The molecule has 0 aliphatic rings. The molecule has 1 N–H and O–H groups in total. The van der Waals surface area contributed by atoms with Gasteiger partial charge in [-0.2, -0.15) is 0 Å². The molecule has 0 fully saturated rings. The van der Waals surface area contributed by atoms with Crippen molar-refractivity contribution in [3.8, 4) is 0 Å². The quantitative estimate of drug-likeness (QED) is 0.836. The third-order valence-corrected chi connectivity index (χ3v) is 3.37. The van der Waals surface area contributed by atoms with Gasteiger partial charge in [0, 0.05) is 11.1 Å². The van der Waals surface area contributed by atoms with Gasteiger partial charge in [-0.3, -0.25) is 4.79 Å². The van der Waals surface area contributed by atoms with Crippen LogP contribution in [0, 0.1) is 5.41 Å². The van der Waals surface area contributed by atoms with Gasteiger partial charge < -0.3 is 5.32 Å². The van der Waals surface area contributed by atoms with E-state index < -0.39 is 0 Å². The molecular weight excluding hydrogens is 222 g/mol. The van der Waals surface area contributed by atoms with Gasteiger partial charge in [0.15, 0.2) is 0 Å². The number of hydrogen-bond donors (Lipinski definition) is 1. The molecule has 0 saturated heterocycles. The lowest BCUT2D eigenvalue weighted by molar-refractivity contribution is 0.0885. The Kier molecular flexibility index (Phi) is 4.55. The highest BCUT2D eigenvalue weighted by Crippen LogP contribution is 2.30. The highest BCUT2D eigenvalue weighted by Gasteiger charge is 2.29. The van der Waals surface area contributed by atoms with Crippen LogP contribution in [0.15, 0.2) is 30.3 Å². The monoisotopic (exact) mass is 247 g/mol. The molecule has 0 spiro atoms. The average molecular weight is 247 g/mol. The summed E-state index contributed by atoms with van der Waals surface area (Å²) in [5.74, 6) is 0.00695. The smallest absolute Gasteiger partial charge is 0.251 e. The average Bonchev–Trinajstić information content (AvgIpc) is 2.28. The molecule has 1 amide bonds. The molecule has 0 radical (unpaired) electrons. The maximum absolute atomic E-state index is 12.1. The lowest BCUT2D eigenvalue weighted by Crippen LogP contribution is -2.46. The standard InChI is InChI=1S/C16H25NO/c1-6-15(2,3)12-16(4,5)17-14(18)13-10-8-7-9-11-13/h7-11H,6,12H2,1-5H3,(H,17,18). The van der Waals surface area contributed by atoms with Gasteiger partial charge in [-0.05, 0) is 37.8 Å². The van der Waals surface area contributed by atoms with Crippen molar-refractivity contribution in [3.63, 3.8) is 0 Å². The minimum absolute atomic E-state index is 0.00695. The Morgan fingerprint density at radius 1 is 1.11 bits per heavy atom. The van der Waals surface area contributed by atoms with E-state index in [1.165, 1.54) is 0 Å². The van der Waals surface area contributed by atoms with Crippen LogP contribution in [0.5, 0.6) is 0 Å². The summed E-state index contributed by atoms with van der Waals surface area (Å²) in [5.41, 5.74) is 0.778. The molecule has 0 bridgehead atoms. The largest absolute Gasteiger partial charge is 0.347 e. The van der Waals surface area contributed by atoms with Crippen molar-refractivity contribution in [1.82, 2.24) is 5.32 Å². The van der Waals surface area contributed by atoms with E-state index in [1.807, 2.05) is 30.3 Å². The molecule has 0 aliphatic heterocycles. The number of hydrogen-bond acceptors (Lipinski definition) is 1. The second-order valence-electron chi connectivity index (χ2n) is 6.40.